The summed E-state index contributed by atoms with van der Waals surface area (Å²) in [5.41, 5.74) is 1.23. The number of carbonyl (C=O) groups excluding carboxylic acids is 1. The van der Waals surface area contributed by atoms with Crippen LogP contribution in [-0.4, -0.2) is 26.5 Å². The molecule has 2 N–H and O–H groups in total. The SMILES string of the molecule is O=C1CCCc2cc(S(=O)(=O)NC3CCCCC3C(F)(F)F)ccc2N1. The predicted molar refractivity (Wildman–Crippen MR) is 90.1 cm³/mol. The Morgan fingerprint density at radius 1 is 1.08 bits per heavy atom. The minimum Gasteiger partial charge on any atom is -0.326 e. The summed E-state index contributed by atoms with van der Waals surface area (Å²) in [6.07, 6.45) is -1.83. The Labute approximate surface area is 150 Å². The first-order chi connectivity index (χ1) is 12.2. The summed E-state index contributed by atoms with van der Waals surface area (Å²) < 4.78 is 67.2. The number of fused-ring (bicyclic) bond motifs is 1. The number of amides is 1. The smallest absolute Gasteiger partial charge is 0.326 e. The molecule has 0 radical (unpaired) electrons. The zero-order valence-electron chi connectivity index (χ0n) is 14.1. The molecular weight excluding hydrogens is 369 g/mol. The topological polar surface area (TPSA) is 75.3 Å². The number of benzene rings is 1. The average molecular weight is 390 g/mol. The lowest BCUT2D eigenvalue weighted by atomic mass is 9.85. The van der Waals surface area contributed by atoms with Crippen molar-refractivity contribution >= 4 is 21.6 Å². The highest BCUT2D eigenvalue weighted by molar-refractivity contribution is 7.89. The third-order valence-electron chi connectivity index (χ3n) is 5.00. The third-order valence-corrected chi connectivity index (χ3v) is 6.49. The van der Waals surface area contributed by atoms with Crippen molar-refractivity contribution in [3.05, 3.63) is 23.8 Å². The lowest BCUT2D eigenvalue weighted by Gasteiger charge is -2.33. The Hall–Kier alpha value is -1.61. The van der Waals surface area contributed by atoms with Crippen LogP contribution >= 0.6 is 0 Å². The maximum Gasteiger partial charge on any atom is 0.393 e. The predicted octanol–water partition coefficient (Wildman–Crippen LogP) is 3.36. The molecule has 1 saturated carbocycles. The van der Waals surface area contributed by atoms with Crippen LogP contribution in [-0.2, 0) is 21.2 Å². The second kappa shape index (κ2) is 7.19. The van der Waals surface area contributed by atoms with Crippen molar-refractivity contribution in [1.29, 1.82) is 0 Å². The van der Waals surface area contributed by atoms with Crippen LogP contribution in [0.2, 0.25) is 0 Å². The monoisotopic (exact) mass is 390 g/mol. The second-order valence-corrected chi connectivity index (χ2v) is 8.60. The standard InChI is InChI=1S/C17H21F3N2O3S/c18-17(19,20)13-5-1-2-6-15(13)22-26(24,25)12-8-9-14-11(10-12)4-3-7-16(23)21-14/h8-10,13,15,22H,1-7H2,(H,21,23). The first-order valence-electron chi connectivity index (χ1n) is 8.68. The molecule has 9 heteroatoms. The van der Waals surface area contributed by atoms with Crippen molar-refractivity contribution in [3.8, 4) is 0 Å². The summed E-state index contributed by atoms with van der Waals surface area (Å²) >= 11 is 0. The van der Waals surface area contributed by atoms with Crippen molar-refractivity contribution in [3.63, 3.8) is 0 Å². The van der Waals surface area contributed by atoms with Gasteiger partial charge in [-0.1, -0.05) is 12.8 Å². The molecule has 2 unspecified atom stereocenters. The minimum absolute atomic E-state index is 0.0626. The van der Waals surface area contributed by atoms with Gasteiger partial charge in [0.25, 0.3) is 0 Å². The van der Waals surface area contributed by atoms with E-state index in [2.05, 4.69) is 10.0 Å². The second-order valence-electron chi connectivity index (χ2n) is 6.88. The lowest BCUT2D eigenvalue weighted by molar-refractivity contribution is -0.187. The highest BCUT2D eigenvalue weighted by Gasteiger charge is 2.46. The van der Waals surface area contributed by atoms with Crippen LogP contribution < -0.4 is 10.0 Å². The zero-order valence-corrected chi connectivity index (χ0v) is 14.9. The molecular formula is C17H21F3N2O3S. The molecule has 0 aromatic heterocycles. The maximum atomic E-state index is 13.2. The molecule has 144 valence electrons. The summed E-state index contributed by atoms with van der Waals surface area (Å²) in [6.45, 7) is 0. The van der Waals surface area contributed by atoms with Crippen LogP contribution in [0, 0.1) is 5.92 Å². The lowest BCUT2D eigenvalue weighted by Crippen LogP contribution is -2.47. The fourth-order valence-electron chi connectivity index (χ4n) is 3.65. The van der Waals surface area contributed by atoms with Crippen molar-refractivity contribution in [2.45, 2.75) is 62.1 Å². The van der Waals surface area contributed by atoms with E-state index in [0.29, 0.717) is 43.4 Å². The van der Waals surface area contributed by atoms with Crippen LogP contribution in [0.15, 0.2) is 23.1 Å². The van der Waals surface area contributed by atoms with Crippen LogP contribution in [0.1, 0.15) is 44.1 Å². The number of carbonyl (C=O) groups is 1. The molecule has 1 aliphatic carbocycles. The van der Waals surface area contributed by atoms with Crippen molar-refractivity contribution in [2.75, 3.05) is 5.32 Å². The van der Waals surface area contributed by atoms with Gasteiger partial charge in [0.15, 0.2) is 0 Å². The fourth-order valence-corrected chi connectivity index (χ4v) is 5.01. The molecule has 2 atom stereocenters. The highest BCUT2D eigenvalue weighted by Crippen LogP contribution is 2.38. The molecule has 1 aromatic rings. The molecule has 1 aromatic carbocycles. The fraction of sp³-hybridized carbons (Fsp3) is 0.588. The number of aryl methyl sites for hydroxylation is 1. The molecule has 0 bridgehead atoms. The quantitative estimate of drug-likeness (QED) is 0.831. The number of sulfonamides is 1. The van der Waals surface area contributed by atoms with Crippen molar-refractivity contribution in [1.82, 2.24) is 4.72 Å². The summed E-state index contributed by atoms with van der Waals surface area (Å²) in [5.74, 6) is -1.79. The molecule has 26 heavy (non-hydrogen) atoms. The number of hydrogen-bond donors (Lipinski definition) is 2. The zero-order chi connectivity index (χ0) is 18.9. The molecule has 1 amide bonds. The van der Waals surface area contributed by atoms with Gasteiger partial charge in [0.2, 0.25) is 15.9 Å². The van der Waals surface area contributed by atoms with Gasteiger partial charge in [-0.25, -0.2) is 13.1 Å². The summed E-state index contributed by atoms with van der Waals surface area (Å²) in [7, 11) is -4.07. The van der Waals surface area contributed by atoms with Gasteiger partial charge in [-0.2, -0.15) is 13.2 Å². The number of alkyl halides is 3. The maximum absolute atomic E-state index is 13.2. The van der Waals surface area contributed by atoms with E-state index in [1.165, 1.54) is 18.2 Å². The Bertz CT molecular complexity index is 793. The van der Waals surface area contributed by atoms with E-state index >= 15 is 0 Å². The van der Waals surface area contributed by atoms with Gasteiger partial charge in [-0.3, -0.25) is 4.79 Å². The van der Waals surface area contributed by atoms with Gasteiger partial charge in [0.05, 0.1) is 10.8 Å². The molecule has 5 nitrogen and oxygen atoms in total. The van der Waals surface area contributed by atoms with E-state index in [4.69, 9.17) is 0 Å². The van der Waals surface area contributed by atoms with Gasteiger partial charge < -0.3 is 5.32 Å². The van der Waals surface area contributed by atoms with E-state index in [0.717, 1.165) is 0 Å². The van der Waals surface area contributed by atoms with E-state index in [1.807, 2.05) is 0 Å². The molecule has 2 aliphatic rings. The van der Waals surface area contributed by atoms with E-state index in [1.54, 1.807) is 0 Å². The summed E-state index contributed by atoms with van der Waals surface area (Å²) in [5, 5.41) is 2.71. The Morgan fingerprint density at radius 3 is 2.54 bits per heavy atom. The normalized spacial score (nSPS) is 24.5. The Balaban J connectivity index is 1.84. The van der Waals surface area contributed by atoms with Gasteiger partial charge in [0.1, 0.15) is 0 Å². The molecule has 1 fully saturated rings. The van der Waals surface area contributed by atoms with Crippen LogP contribution in [0.4, 0.5) is 18.9 Å². The summed E-state index contributed by atoms with van der Waals surface area (Å²) in [6, 6.07) is 3.11. The average Bonchev–Trinajstić information content (AvgIpc) is 2.73. The molecule has 3 rings (SSSR count). The van der Waals surface area contributed by atoms with Gasteiger partial charge in [0, 0.05) is 18.2 Å². The molecule has 0 spiro atoms. The molecule has 0 saturated heterocycles. The van der Waals surface area contributed by atoms with Crippen molar-refractivity contribution < 1.29 is 26.4 Å². The molecule has 1 heterocycles. The van der Waals surface area contributed by atoms with Crippen molar-refractivity contribution in [2.24, 2.45) is 5.92 Å². The van der Waals surface area contributed by atoms with Crippen LogP contribution in [0.5, 0.6) is 0 Å². The third kappa shape index (κ3) is 4.20. The molecule has 1 aliphatic heterocycles. The first-order valence-corrected chi connectivity index (χ1v) is 10.2. The van der Waals surface area contributed by atoms with E-state index in [-0.39, 0.29) is 23.6 Å². The van der Waals surface area contributed by atoms with Crippen LogP contribution in [0.3, 0.4) is 0 Å². The van der Waals surface area contributed by atoms with E-state index in [9.17, 15) is 26.4 Å². The Morgan fingerprint density at radius 2 is 1.81 bits per heavy atom. The van der Waals surface area contributed by atoms with Gasteiger partial charge in [-0.05, 0) is 49.4 Å². The number of halogens is 3. The summed E-state index contributed by atoms with van der Waals surface area (Å²) in [4.78, 5) is 11.5. The Kier molecular flexibility index (Phi) is 5.30. The number of hydrogen-bond acceptors (Lipinski definition) is 3. The van der Waals surface area contributed by atoms with Gasteiger partial charge in [-0.15, -0.1) is 0 Å². The number of nitrogens with one attached hydrogen (secondary N) is 2. The number of anilines is 1. The van der Waals surface area contributed by atoms with Gasteiger partial charge >= 0.3 is 6.18 Å². The minimum atomic E-state index is -4.42. The largest absolute Gasteiger partial charge is 0.393 e. The first kappa shape index (κ1) is 19.2. The number of rotatable bonds is 3. The van der Waals surface area contributed by atoms with Crippen LogP contribution in [0.25, 0.3) is 0 Å². The highest BCUT2D eigenvalue weighted by atomic mass is 32.2. The van der Waals surface area contributed by atoms with E-state index < -0.39 is 28.2 Å².